The summed E-state index contributed by atoms with van der Waals surface area (Å²) in [6.45, 7) is 1.83. The van der Waals surface area contributed by atoms with Crippen LogP contribution in [0.3, 0.4) is 0 Å². The molecule has 27 heavy (non-hydrogen) atoms. The summed E-state index contributed by atoms with van der Waals surface area (Å²) in [6, 6.07) is 8.22. The SMILES string of the molecule is COc1cnc(-c2nc(-c3ccc(-n4c(C)c[nH]c4=O)cc3)no2)c(F)c1. The van der Waals surface area contributed by atoms with E-state index < -0.39 is 5.82 Å². The minimum Gasteiger partial charge on any atom is -0.495 e. The van der Waals surface area contributed by atoms with Crippen molar-refractivity contribution in [3.05, 3.63) is 64.7 Å². The van der Waals surface area contributed by atoms with Crippen LogP contribution in [0.25, 0.3) is 28.7 Å². The summed E-state index contributed by atoms with van der Waals surface area (Å²) in [5.41, 5.74) is 1.87. The molecule has 1 N–H and O–H groups in total. The second-order valence-corrected chi connectivity index (χ2v) is 5.75. The van der Waals surface area contributed by atoms with Crippen LogP contribution in [0.2, 0.25) is 0 Å². The van der Waals surface area contributed by atoms with Crippen LogP contribution in [-0.4, -0.2) is 31.8 Å². The average molecular weight is 367 g/mol. The smallest absolute Gasteiger partial charge is 0.330 e. The maximum atomic E-state index is 14.1. The van der Waals surface area contributed by atoms with Crippen molar-refractivity contribution >= 4 is 0 Å². The van der Waals surface area contributed by atoms with Crippen molar-refractivity contribution in [1.82, 2.24) is 24.7 Å². The molecule has 3 aromatic heterocycles. The predicted octanol–water partition coefficient (Wildman–Crippen LogP) is 2.73. The molecule has 0 spiro atoms. The Bertz CT molecular complexity index is 1160. The highest BCUT2D eigenvalue weighted by molar-refractivity contribution is 5.60. The summed E-state index contributed by atoms with van der Waals surface area (Å²) in [6.07, 6.45) is 3.01. The lowest BCUT2D eigenvalue weighted by molar-refractivity contribution is 0.406. The largest absolute Gasteiger partial charge is 0.495 e. The van der Waals surface area contributed by atoms with E-state index in [0.717, 1.165) is 5.69 Å². The molecular weight excluding hydrogens is 353 g/mol. The third-order valence-corrected chi connectivity index (χ3v) is 4.02. The summed E-state index contributed by atoms with van der Waals surface area (Å²) in [5.74, 6) is -0.0808. The Balaban J connectivity index is 1.65. The van der Waals surface area contributed by atoms with Gasteiger partial charge in [0.15, 0.2) is 11.5 Å². The Morgan fingerprint density at radius 3 is 2.67 bits per heavy atom. The van der Waals surface area contributed by atoms with Crippen LogP contribution in [0.4, 0.5) is 4.39 Å². The fourth-order valence-corrected chi connectivity index (χ4v) is 2.66. The zero-order valence-corrected chi connectivity index (χ0v) is 14.4. The lowest BCUT2D eigenvalue weighted by Gasteiger charge is -2.04. The Labute approximate surface area is 152 Å². The van der Waals surface area contributed by atoms with Crippen LogP contribution < -0.4 is 10.4 Å². The molecule has 0 unspecified atom stereocenters. The molecule has 4 aromatic rings. The molecular formula is C18H14FN5O3. The Hall–Kier alpha value is -3.75. The van der Waals surface area contributed by atoms with Gasteiger partial charge in [0.2, 0.25) is 5.82 Å². The second-order valence-electron chi connectivity index (χ2n) is 5.75. The fourth-order valence-electron chi connectivity index (χ4n) is 2.66. The number of halogens is 1. The van der Waals surface area contributed by atoms with E-state index in [1.165, 1.54) is 19.4 Å². The molecule has 136 valence electrons. The Morgan fingerprint density at radius 2 is 2.04 bits per heavy atom. The van der Waals surface area contributed by atoms with Gasteiger partial charge in [0.25, 0.3) is 5.89 Å². The normalized spacial score (nSPS) is 10.9. The standard InChI is InChI=1S/C18H14FN5O3/c1-10-8-21-18(25)24(10)12-5-3-11(4-6-12)16-22-17(27-23-16)15-14(19)7-13(26-2)9-20-15/h3-9H,1-2H3,(H,21,25). The van der Waals surface area contributed by atoms with E-state index >= 15 is 0 Å². The van der Waals surface area contributed by atoms with E-state index in [1.54, 1.807) is 35.0 Å². The number of aromatic amines is 1. The summed E-state index contributed by atoms with van der Waals surface area (Å²) in [4.78, 5) is 22.6. The van der Waals surface area contributed by atoms with Gasteiger partial charge in [-0.25, -0.2) is 14.2 Å². The topological polar surface area (TPSA) is 98.8 Å². The first kappa shape index (κ1) is 16.7. The number of pyridine rings is 1. The number of H-pyrrole nitrogens is 1. The zero-order chi connectivity index (χ0) is 19.0. The number of aromatic nitrogens is 5. The zero-order valence-electron chi connectivity index (χ0n) is 14.4. The maximum Gasteiger partial charge on any atom is 0.330 e. The molecule has 0 aliphatic carbocycles. The molecule has 4 rings (SSSR count). The third-order valence-electron chi connectivity index (χ3n) is 4.02. The summed E-state index contributed by atoms with van der Waals surface area (Å²) >= 11 is 0. The van der Waals surface area contributed by atoms with Crippen molar-refractivity contribution in [2.75, 3.05) is 7.11 Å². The molecule has 0 saturated carbocycles. The van der Waals surface area contributed by atoms with Crippen molar-refractivity contribution in [2.24, 2.45) is 0 Å². The summed E-state index contributed by atoms with van der Waals surface area (Å²) in [7, 11) is 1.42. The van der Waals surface area contributed by atoms with E-state index in [1.807, 2.05) is 6.92 Å². The van der Waals surface area contributed by atoms with Gasteiger partial charge in [-0.1, -0.05) is 5.16 Å². The number of rotatable bonds is 4. The lowest BCUT2D eigenvalue weighted by Crippen LogP contribution is -2.15. The molecule has 9 heteroatoms. The molecule has 0 saturated heterocycles. The van der Waals surface area contributed by atoms with Crippen LogP contribution in [-0.2, 0) is 0 Å². The van der Waals surface area contributed by atoms with Crippen LogP contribution in [0.15, 0.2) is 52.0 Å². The first-order valence-corrected chi connectivity index (χ1v) is 7.98. The number of hydrogen-bond donors (Lipinski definition) is 1. The predicted molar refractivity (Wildman–Crippen MR) is 94.2 cm³/mol. The number of nitrogens with one attached hydrogen (secondary N) is 1. The van der Waals surface area contributed by atoms with Gasteiger partial charge in [-0.05, 0) is 31.2 Å². The quantitative estimate of drug-likeness (QED) is 0.595. The molecule has 0 bridgehead atoms. The number of imidazole rings is 1. The van der Waals surface area contributed by atoms with Gasteiger partial charge < -0.3 is 14.2 Å². The van der Waals surface area contributed by atoms with Crippen LogP contribution >= 0.6 is 0 Å². The molecule has 0 radical (unpaired) electrons. The molecule has 0 aliphatic rings. The van der Waals surface area contributed by atoms with Gasteiger partial charge in [-0.2, -0.15) is 4.98 Å². The van der Waals surface area contributed by atoms with Crippen LogP contribution in [0, 0.1) is 12.7 Å². The van der Waals surface area contributed by atoms with E-state index in [9.17, 15) is 9.18 Å². The molecule has 3 heterocycles. The molecule has 0 amide bonds. The summed E-state index contributed by atoms with van der Waals surface area (Å²) in [5, 5.41) is 3.88. The van der Waals surface area contributed by atoms with Gasteiger partial charge in [-0.3, -0.25) is 4.57 Å². The Kier molecular flexibility index (Phi) is 4.03. The highest BCUT2D eigenvalue weighted by Gasteiger charge is 2.17. The maximum absolute atomic E-state index is 14.1. The third kappa shape index (κ3) is 2.99. The lowest BCUT2D eigenvalue weighted by atomic mass is 10.2. The van der Waals surface area contributed by atoms with Gasteiger partial charge in [-0.15, -0.1) is 0 Å². The monoisotopic (exact) mass is 367 g/mol. The van der Waals surface area contributed by atoms with E-state index in [4.69, 9.17) is 9.26 Å². The van der Waals surface area contributed by atoms with E-state index in [2.05, 4.69) is 20.1 Å². The van der Waals surface area contributed by atoms with Crippen LogP contribution in [0.5, 0.6) is 5.75 Å². The van der Waals surface area contributed by atoms with Crippen molar-refractivity contribution in [1.29, 1.82) is 0 Å². The molecule has 1 aromatic carbocycles. The van der Waals surface area contributed by atoms with Crippen molar-refractivity contribution in [3.8, 4) is 34.4 Å². The first-order valence-electron chi connectivity index (χ1n) is 7.98. The number of hydrogen-bond acceptors (Lipinski definition) is 6. The first-order chi connectivity index (χ1) is 13.1. The van der Waals surface area contributed by atoms with Gasteiger partial charge in [0.05, 0.1) is 19.0 Å². The number of ether oxygens (including phenoxy) is 1. The fraction of sp³-hybridized carbons (Fsp3) is 0.111. The Morgan fingerprint density at radius 1 is 1.26 bits per heavy atom. The number of benzene rings is 1. The van der Waals surface area contributed by atoms with Crippen molar-refractivity contribution in [2.45, 2.75) is 6.92 Å². The minimum absolute atomic E-state index is 0.0353. The molecule has 0 atom stereocenters. The summed E-state index contributed by atoms with van der Waals surface area (Å²) < 4.78 is 25.7. The van der Waals surface area contributed by atoms with Crippen molar-refractivity contribution in [3.63, 3.8) is 0 Å². The van der Waals surface area contributed by atoms with E-state index in [-0.39, 0.29) is 23.1 Å². The average Bonchev–Trinajstić information content (AvgIpc) is 3.29. The second kappa shape index (κ2) is 6.52. The molecule has 8 nitrogen and oxygen atoms in total. The van der Waals surface area contributed by atoms with Crippen LogP contribution in [0.1, 0.15) is 5.69 Å². The molecule has 0 aliphatic heterocycles. The number of aryl methyl sites for hydroxylation is 1. The number of methoxy groups -OCH3 is 1. The van der Waals surface area contributed by atoms with Crippen molar-refractivity contribution < 1.29 is 13.7 Å². The molecule has 0 fully saturated rings. The van der Waals surface area contributed by atoms with E-state index in [0.29, 0.717) is 17.0 Å². The van der Waals surface area contributed by atoms with Gasteiger partial charge in [0, 0.05) is 23.5 Å². The van der Waals surface area contributed by atoms with Gasteiger partial charge >= 0.3 is 5.69 Å². The highest BCUT2D eigenvalue weighted by Crippen LogP contribution is 2.25. The highest BCUT2D eigenvalue weighted by atomic mass is 19.1. The van der Waals surface area contributed by atoms with Gasteiger partial charge in [0.1, 0.15) is 5.75 Å². The minimum atomic E-state index is -0.623. The number of nitrogens with zero attached hydrogens (tertiary/aromatic N) is 4.